The van der Waals surface area contributed by atoms with Gasteiger partial charge in [-0.1, -0.05) is 12.1 Å². The van der Waals surface area contributed by atoms with E-state index >= 15 is 0 Å². The maximum Gasteiger partial charge on any atom is 0.261 e. The van der Waals surface area contributed by atoms with E-state index in [1.165, 1.54) is 23.5 Å². The Labute approximate surface area is 167 Å². The number of rotatable bonds is 4. The zero-order valence-corrected chi connectivity index (χ0v) is 16.6. The van der Waals surface area contributed by atoms with Crippen LogP contribution in [0.15, 0.2) is 30.3 Å². The lowest BCUT2D eigenvalue weighted by molar-refractivity contribution is 0.0935. The topological polar surface area (TPSA) is 59.0 Å². The van der Waals surface area contributed by atoms with Gasteiger partial charge in [0.25, 0.3) is 5.91 Å². The molecule has 1 saturated heterocycles. The second-order valence-electron chi connectivity index (χ2n) is 6.72. The lowest BCUT2D eigenvalue weighted by Gasteiger charge is -2.23. The average molecular weight is 409 g/mol. The van der Waals surface area contributed by atoms with Crippen LogP contribution >= 0.6 is 23.7 Å². The molecule has 3 aromatic rings. The number of thiophene rings is 1. The molecule has 1 fully saturated rings. The van der Waals surface area contributed by atoms with Crippen LogP contribution in [0.3, 0.4) is 0 Å². The zero-order valence-electron chi connectivity index (χ0n) is 15.0. The number of amides is 1. The highest BCUT2D eigenvalue weighted by atomic mass is 35.5. The molecule has 1 aromatic carbocycles. The van der Waals surface area contributed by atoms with Crippen molar-refractivity contribution in [1.29, 1.82) is 0 Å². The second-order valence-corrected chi connectivity index (χ2v) is 7.75. The number of aromatic nitrogens is 2. The fourth-order valence-corrected chi connectivity index (χ4v) is 4.39. The number of piperidine rings is 1. The molecule has 1 amide bonds. The summed E-state index contributed by atoms with van der Waals surface area (Å²) in [6.45, 7) is 4.35. The van der Waals surface area contributed by atoms with E-state index in [2.05, 4.69) is 15.7 Å². The summed E-state index contributed by atoms with van der Waals surface area (Å²) in [6.07, 6.45) is 2.10. The molecule has 2 N–H and O–H groups in total. The van der Waals surface area contributed by atoms with E-state index in [4.69, 9.17) is 0 Å². The van der Waals surface area contributed by atoms with Crippen LogP contribution in [0.5, 0.6) is 0 Å². The quantitative estimate of drug-likeness (QED) is 0.694. The van der Waals surface area contributed by atoms with Crippen molar-refractivity contribution in [3.05, 3.63) is 52.3 Å². The standard InChI is InChI=1S/C19H21FN4OS.ClH/c1-12-16-9-17(18(25)22-15-3-2-8-21-10-15)26-19(16)24(23-12)11-13-4-6-14(20)7-5-13;/h4-7,9,15,21H,2-3,8,10-11H2,1H3,(H,22,25);1H/t15-;/m0./s1. The maximum absolute atomic E-state index is 13.1. The predicted octanol–water partition coefficient (Wildman–Crippen LogP) is 3.50. The summed E-state index contributed by atoms with van der Waals surface area (Å²) in [7, 11) is 0. The van der Waals surface area contributed by atoms with Gasteiger partial charge in [-0.05, 0) is 50.1 Å². The molecule has 1 aliphatic heterocycles. The number of aryl methyl sites for hydroxylation is 1. The van der Waals surface area contributed by atoms with Crippen molar-refractivity contribution in [3.8, 4) is 0 Å². The Hall–Kier alpha value is -1.96. The van der Waals surface area contributed by atoms with Crippen LogP contribution in [0.1, 0.15) is 33.8 Å². The van der Waals surface area contributed by atoms with Gasteiger partial charge in [-0.2, -0.15) is 5.10 Å². The van der Waals surface area contributed by atoms with Crippen LogP contribution in [0.25, 0.3) is 10.2 Å². The lowest BCUT2D eigenvalue weighted by atomic mass is 10.1. The fraction of sp³-hybridized carbons (Fsp3) is 0.368. The number of carbonyl (C=O) groups is 1. The van der Waals surface area contributed by atoms with Crippen LogP contribution in [0.4, 0.5) is 4.39 Å². The van der Waals surface area contributed by atoms with Gasteiger partial charge in [0.1, 0.15) is 10.6 Å². The van der Waals surface area contributed by atoms with Gasteiger partial charge in [-0.25, -0.2) is 4.39 Å². The van der Waals surface area contributed by atoms with Crippen LogP contribution in [-0.4, -0.2) is 34.8 Å². The molecule has 0 unspecified atom stereocenters. The first-order chi connectivity index (χ1) is 12.6. The van der Waals surface area contributed by atoms with Crippen molar-refractivity contribution in [2.45, 2.75) is 32.4 Å². The monoisotopic (exact) mass is 408 g/mol. The Morgan fingerprint density at radius 1 is 1.41 bits per heavy atom. The van der Waals surface area contributed by atoms with E-state index < -0.39 is 0 Å². The highest BCUT2D eigenvalue weighted by Gasteiger charge is 2.20. The lowest BCUT2D eigenvalue weighted by Crippen LogP contribution is -2.45. The maximum atomic E-state index is 13.1. The third-order valence-electron chi connectivity index (χ3n) is 4.71. The van der Waals surface area contributed by atoms with Crippen molar-refractivity contribution in [2.24, 2.45) is 0 Å². The highest BCUT2D eigenvalue weighted by molar-refractivity contribution is 7.20. The van der Waals surface area contributed by atoms with Gasteiger partial charge in [0.2, 0.25) is 0 Å². The zero-order chi connectivity index (χ0) is 18.1. The van der Waals surface area contributed by atoms with Crippen LogP contribution in [0.2, 0.25) is 0 Å². The SMILES string of the molecule is Cc1nn(Cc2ccc(F)cc2)c2sc(C(=O)N[C@H]3CCCNC3)cc12.Cl. The van der Waals surface area contributed by atoms with Crippen molar-refractivity contribution in [1.82, 2.24) is 20.4 Å². The number of nitrogens with zero attached hydrogens (tertiary/aromatic N) is 2. The van der Waals surface area contributed by atoms with E-state index in [-0.39, 0.29) is 30.2 Å². The van der Waals surface area contributed by atoms with Gasteiger partial charge in [0.05, 0.1) is 17.1 Å². The minimum absolute atomic E-state index is 0. The van der Waals surface area contributed by atoms with Gasteiger partial charge in [-0.15, -0.1) is 23.7 Å². The van der Waals surface area contributed by atoms with E-state index in [0.717, 1.165) is 47.4 Å². The van der Waals surface area contributed by atoms with Gasteiger partial charge < -0.3 is 10.6 Å². The first-order valence-corrected chi connectivity index (χ1v) is 9.65. The number of nitrogens with one attached hydrogen (secondary N) is 2. The van der Waals surface area contributed by atoms with Gasteiger partial charge in [-0.3, -0.25) is 9.48 Å². The molecule has 4 rings (SSSR count). The summed E-state index contributed by atoms with van der Waals surface area (Å²) in [5.41, 5.74) is 1.88. The second kappa shape index (κ2) is 8.37. The largest absolute Gasteiger partial charge is 0.347 e. The molecule has 1 atom stereocenters. The Bertz CT molecular complexity index is 931. The molecule has 8 heteroatoms. The predicted molar refractivity (Wildman–Crippen MR) is 108 cm³/mol. The number of fused-ring (bicyclic) bond motifs is 1. The Morgan fingerprint density at radius 2 is 2.19 bits per heavy atom. The van der Waals surface area contributed by atoms with Crippen LogP contribution < -0.4 is 10.6 Å². The third-order valence-corrected chi connectivity index (χ3v) is 5.86. The number of benzene rings is 1. The molecule has 0 radical (unpaired) electrons. The summed E-state index contributed by atoms with van der Waals surface area (Å²) in [4.78, 5) is 14.3. The van der Waals surface area contributed by atoms with Crippen molar-refractivity contribution in [2.75, 3.05) is 13.1 Å². The summed E-state index contributed by atoms with van der Waals surface area (Å²) >= 11 is 1.46. The van der Waals surface area contributed by atoms with Crippen molar-refractivity contribution < 1.29 is 9.18 Å². The minimum atomic E-state index is -0.247. The number of hydrogen-bond donors (Lipinski definition) is 2. The number of halogens is 2. The van der Waals surface area contributed by atoms with Crippen molar-refractivity contribution >= 4 is 39.9 Å². The molecule has 3 heterocycles. The Morgan fingerprint density at radius 3 is 2.89 bits per heavy atom. The number of carbonyl (C=O) groups excluding carboxylic acids is 1. The summed E-state index contributed by atoms with van der Waals surface area (Å²) in [5.74, 6) is -0.268. The molecular weight excluding hydrogens is 387 g/mol. The van der Waals surface area contributed by atoms with E-state index in [0.29, 0.717) is 11.4 Å². The Kier molecular flexibility index (Phi) is 6.14. The average Bonchev–Trinajstić information content (AvgIpc) is 3.20. The first kappa shape index (κ1) is 19.8. The van der Waals surface area contributed by atoms with E-state index in [9.17, 15) is 9.18 Å². The summed E-state index contributed by atoms with van der Waals surface area (Å²) < 4.78 is 15.0. The number of hydrogen-bond acceptors (Lipinski definition) is 4. The van der Waals surface area contributed by atoms with E-state index in [1.54, 1.807) is 12.1 Å². The molecule has 5 nitrogen and oxygen atoms in total. The van der Waals surface area contributed by atoms with Crippen LogP contribution in [-0.2, 0) is 6.54 Å². The highest BCUT2D eigenvalue weighted by Crippen LogP contribution is 2.29. The smallest absolute Gasteiger partial charge is 0.261 e. The molecule has 1 aliphatic rings. The van der Waals surface area contributed by atoms with E-state index in [1.807, 2.05) is 17.7 Å². The summed E-state index contributed by atoms with van der Waals surface area (Å²) in [6, 6.07) is 8.54. The third kappa shape index (κ3) is 4.31. The molecule has 27 heavy (non-hydrogen) atoms. The van der Waals surface area contributed by atoms with Crippen molar-refractivity contribution in [3.63, 3.8) is 0 Å². The molecule has 0 bridgehead atoms. The minimum Gasteiger partial charge on any atom is -0.347 e. The van der Waals surface area contributed by atoms with Gasteiger partial charge >= 0.3 is 0 Å². The normalized spacial score (nSPS) is 16.9. The fourth-order valence-electron chi connectivity index (χ4n) is 3.33. The molecule has 0 saturated carbocycles. The molecule has 0 spiro atoms. The first-order valence-electron chi connectivity index (χ1n) is 8.83. The molecular formula is C19H22ClFN4OS. The van der Waals surface area contributed by atoms with Gasteiger partial charge in [0.15, 0.2) is 0 Å². The molecule has 0 aliphatic carbocycles. The van der Waals surface area contributed by atoms with Gasteiger partial charge in [0, 0.05) is 18.0 Å². The summed E-state index contributed by atoms with van der Waals surface area (Å²) in [5, 5.41) is 12.0. The molecule has 2 aromatic heterocycles. The van der Waals surface area contributed by atoms with Crippen LogP contribution in [0, 0.1) is 12.7 Å². The Balaban J connectivity index is 0.00000210. The molecule has 144 valence electrons.